The van der Waals surface area contributed by atoms with Crippen LogP contribution in [0.3, 0.4) is 0 Å². The van der Waals surface area contributed by atoms with E-state index in [4.69, 9.17) is 9.97 Å². The highest BCUT2D eigenvalue weighted by molar-refractivity contribution is 7.19. The highest BCUT2D eigenvalue weighted by atomic mass is 32.1. The van der Waals surface area contributed by atoms with E-state index in [0.717, 1.165) is 60.3 Å². The predicted octanol–water partition coefficient (Wildman–Crippen LogP) is 5.69. The molecule has 178 valence electrons. The van der Waals surface area contributed by atoms with Gasteiger partial charge in [0.05, 0.1) is 5.39 Å². The van der Waals surface area contributed by atoms with Gasteiger partial charge in [0.25, 0.3) is 0 Å². The standard InChI is InChI=1S/C28H34N4OS/c1-4-20(3)26-29-27(25-22-12-10-19(2)18-23(22)34-28(25)30-26)32-16-14-31(15-17-32)24(33)13-11-21-8-6-5-7-9-21/h5-9,11,13,19-20H,4,10,12,14-18H2,1-3H3/b13-11+/t19-,20-/m1/s1. The van der Waals surface area contributed by atoms with Gasteiger partial charge in [-0.3, -0.25) is 4.79 Å². The van der Waals surface area contributed by atoms with Gasteiger partial charge in [-0.1, -0.05) is 51.1 Å². The first-order valence-electron chi connectivity index (χ1n) is 12.6. The molecule has 34 heavy (non-hydrogen) atoms. The van der Waals surface area contributed by atoms with Crippen LogP contribution < -0.4 is 4.90 Å². The summed E-state index contributed by atoms with van der Waals surface area (Å²) in [5, 5.41) is 1.28. The molecule has 1 fully saturated rings. The van der Waals surface area contributed by atoms with Crippen molar-refractivity contribution in [2.24, 2.45) is 5.92 Å². The lowest BCUT2D eigenvalue weighted by Crippen LogP contribution is -2.48. The number of carbonyl (C=O) groups is 1. The monoisotopic (exact) mass is 474 g/mol. The van der Waals surface area contributed by atoms with Crippen molar-refractivity contribution in [3.63, 3.8) is 0 Å². The van der Waals surface area contributed by atoms with Crippen LogP contribution in [0.15, 0.2) is 36.4 Å². The van der Waals surface area contributed by atoms with E-state index >= 15 is 0 Å². The van der Waals surface area contributed by atoms with Crippen LogP contribution in [0.1, 0.15) is 61.4 Å². The highest BCUT2D eigenvalue weighted by Gasteiger charge is 2.28. The van der Waals surface area contributed by atoms with Gasteiger partial charge in [-0.15, -0.1) is 11.3 Å². The molecule has 1 amide bonds. The highest BCUT2D eigenvalue weighted by Crippen LogP contribution is 2.41. The lowest BCUT2D eigenvalue weighted by molar-refractivity contribution is -0.126. The summed E-state index contributed by atoms with van der Waals surface area (Å²) in [5.41, 5.74) is 2.53. The van der Waals surface area contributed by atoms with Gasteiger partial charge < -0.3 is 9.80 Å². The Kier molecular flexibility index (Phi) is 6.68. The Morgan fingerprint density at radius 2 is 1.94 bits per heavy atom. The molecule has 1 aliphatic heterocycles. The molecule has 0 saturated carbocycles. The minimum Gasteiger partial charge on any atom is -0.352 e. The Balaban J connectivity index is 1.39. The average Bonchev–Trinajstić information content (AvgIpc) is 3.24. The SMILES string of the molecule is CC[C@@H](C)c1nc(N2CCN(C(=O)/C=C/c3ccccc3)CC2)c2c3c(sc2n1)C[C@H](C)CC3. The van der Waals surface area contributed by atoms with E-state index < -0.39 is 0 Å². The van der Waals surface area contributed by atoms with Crippen LogP contribution in [-0.2, 0) is 17.6 Å². The third-order valence-electron chi connectivity index (χ3n) is 7.32. The van der Waals surface area contributed by atoms with E-state index in [1.807, 2.05) is 52.6 Å². The minimum absolute atomic E-state index is 0.0820. The molecular weight excluding hydrogens is 440 g/mol. The molecule has 3 heterocycles. The minimum atomic E-state index is 0.0820. The number of amides is 1. The Hall–Kier alpha value is -2.73. The molecule has 1 aliphatic carbocycles. The number of rotatable bonds is 5. The van der Waals surface area contributed by atoms with Crippen molar-refractivity contribution in [3.05, 3.63) is 58.2 Å². The maximum absolute atomic E-state index is 12.8. The van der Waals surface area contributed by atoms with Crippen molar-refractivity contribution in [3.8, 4) is 0 Å². The first-order valence-corrected chi connectivity index (χ1v) is 13.4. The maximum Gasteiger partial charge on any atom is 0.246 e. The van der Waals surface area contributed by atoms with E-state index in [1.165, 1.54) is 22.2 Å². The van der Waals surface area contributed by atoms with Crippen LogP contribution in [-0.4, -0.2) is 47.0 Å². The van der Waals surface area contributed by atoms with E-state index in [1.54, 1.807) is 6.08 Å². The lowest BCUT2D eigenvalue weighted by atomic mass is 9.89. The molecule has 1 aromatic carbocycles. The number of anilines is 1. The zero-order valence-electron chi connectivity index (χ0n) is 20.5. The molecule has 2 atom stereocenters. The number of benzene rings is 1. The largest absolute Gasteiger partial charge is 0.352 e. The fourth-order valence-electron chi connectivity index (χ4n) is 4.95. The summed E-state index contributed by atoms with van der Waals surface area (Å²) in [6.07, 6.45) is 8.15. The third-order valence-corrected chi connectivity index (χ3v) is 8.46. The van der Waals surface area contributed by atoms with Crippen LogP contribution in [0, 0.1) is 5.92 Å². The molecule has 0 bridgehead atoms. The van der Waals surface area contributed by atoms with Crippen molar-refractivity contribution < 1.29 is 4.79 Å². The number of nitrogens with zero attached hydrogens (tertiary/aromatic N) is 4. The fraction of sp³-hybridized carbons (Fsp3) is 0.464. The lowest BCUT2D eigenvalue weighted by Gasteiger charge is -2.35. The first-order chi connectivity index (χ1) is 16.5. The Bertz CT molecular complexity index is 1190. The Morgan fingerprint density at radius 1 is 1.18 bits per heavy atom. The van der Waals surface area contributed by atoms with Crippen molar-refractivity contribution in [2.75, 3.05) is 31.1 Å². The molecule has 1 saturated heterocycles. The third kappa shape index (κ3) is 4.61. The molecule has 0 spiro atoms. The number of hydrogen-bond acceptors (Lipinski definition) is 5. The second kappa shape index (κ2) is 9.87. The van der Waals surface area contributed by atoms with Gasteiger partial charge in [-0.2, -0.15) is 0 Å². The van der Waals surface area contributed by atoms with Gasteiger partial charge >= 0.3 is 0 Å². The molecule has 2 aromatic heterocycles. The van der Waals surface area contributed by atoms with Crippen molar-refractivity contribution in [1.29, 1.82) is 0 Å². The molecule has 5 nitrogen and oxygen atoms in total. The maximum atomic E-state index is 12.8. The number of fused-ring (bicyclic) bond motifs is 3. The summed E-state index contributed by atoms with van der Waals surface area (Å²) in [4.78, 5) is 30.0. The van der Waals surface area contributed by atoms with Crippen molar-refractivity contribution >= 4 is 39.4 Å². The zero-order valence-corrected chi connectivity index (χ0v) is 21.3. The second-order valence-electron chi connectivity index (χ2n) is 9.80. The Morgan fingerprint density at radius 3 is 2.68 bits per heavy atom. The quantitative estimate of drug-likeness (QED) is 0.446. The van der Waals surface area contributed by atoms with Crippen molar-refractivity contribution in [2.45, 2.75) is 52.4 Å². The molecule has 5 rings (SSSR count). The normalized spacial score (nSPS) is 19.6. The number of carbonyl (C=O) groups excluding carboxylic acids is 1. The zero-order chi connectivity index (χ0) is 23.7. The summed E-state index contributed by atoms with van der Waals surface area (Å²) in [6, 6.07) is 9.99. The molecule has 2 aliphatic rings. The fourth-order valence-corrected chi connectivity index (χ4v) is 6.33. The molecular formula is C28H34N4OS. The van der Waals surface area contributed by atoms with E-state index in [0.29, 0.717) is 19.0 Å². The molecule has 0 unspecified atom stereocenters. The van der Waals surface area contributed by atoms with Crippen LogP contribution in [0.2, 0.25) is 0 Å². The number of aromatic nitrogens is 2. The van der Waals surface area contributed by atoms with E-state index in [9.17, 15) is 4.79 Å². The van der Waals surface area contributed by atoms with Crippen molar-refractivity contribution in [1.82, 2.24) is 14.9 Å². The van der Waals surface area contributed by atoms with E-state index in [2.05, 4.69) is 25.7 Å². The average molecular weight is 475 g/mol. The summed E-state index contributed by atoms with van der Waals surface area (Å²) < 4.78 is 0. The van der Waals surface area contributed by atoms with Crippen LogP contribution in [0.5, 0.6) is 0 Å². The number of thiophene rings is 1. The van der Waals surface area contributed by atoms with Crippen LogP contribution >= 0.6 is 11.3 Å². The second-order valence-corrected chi connectivity index (χ2v) is 10.9. The number of aryl methyl sites for hydroxylation is 1. The van der Waals surface area contributed by atoms with Gasteiger partial charge in [0.15, 0.2) is 0 Å². The Labute approximate surface area is 206 Å². The topological polar surface area (TPSA) is 49.3 Å². The summed E-state index contributed by atoms with van der Waals surface area (Å²) in [7, 11) is 0. The van der Waals surface area contributed by atoms with Gasteiger partial charge in [0.1, 0.15) is 16.5 Å². The van der Waals surface area contributed by atoms with Gasteiger partial charge in [-0.25, -0.2) is 9.97 Å². The van der Waals surface area contributed by atoms with Gasteiger partial charge in [-0.05, 0) is 48.8 Å². The molecule has 0 radical (unpaired) electrons. The number of hydrogen-bond donors (Lipinski definition) is 0. The molecule has 6 heteroatoms. The first kappa shape index (κ1) is 23.0. The summed E-state index contributed by atoms with van der Waals surface area (Å²) >= 11 is 1.88. The predicted molar refractivity (Wildman–Crippen MR) is 142 cm³/mol. The summed E-state index contributed by atoms with van der Waals surface area (Å²) in [5.74, 6) is 3.22. The molecule has 3 aromatic rings. The van der Waals surface area contributed by atoms with E-state index in [-0.39, 0.29) is 5.91 Å². The van der Waals surface area contributed by atoms with Crippen LogP contribution in [0.4, 0.5) is 5.82 Å². The smallest absolute Gasteiger partial charge is 0.246 e. The van der Waals surface area contributed by atoms with Gasteiger partial charge in [0.2, 0.25) is 5.91 Å². The molecule has 0 N–H and O–H groups in total. The summed E-state index contributed by atoms with van der Waals surface area (Å²) in [6.45, 7) is 9.81. The number of piperazine rings is 1. The van der Waals surface area contributed by atoms with Crippen LogP contribution in [0.25, 0.3) is 16.3 Å². The van der Waals surface area contributed by atoms with Gasteiger partial charge in [0, 0.05) is 43.1 Å².